The first-order valence-corrected chi connectivity index (χ1v) is 3.20. The smallest absolute Gasteiger partial charge is 0.0669 e. The van der Waals surface area contributed by atoms with E-state index in [4.69, 9.17) is 11.0 Å². The summed E-state index contributed by atoms with van der Waals surface area (Å²) in [5.74, 6) is 0.193. The molecule has 1 aliphatic heterocycles. The average Bonchev–Trinajstić information content (AvgIpc) is 2.34. The fourth-order valence-corrected chi connectivity index (χ4v) is 1.10. The maximum absolute atomic E-state index is 8.45. The average molecular weight is 125 g/mol. The Labute approximate surface area is 54.8 Å². The molecule has 50 valence electrons. The van der Waals surface area contributed by atoms with Gasteiger partial charge < -0.3 is 11.1 Å². The van der Waals surface area contributed by atoms with Gasteiger partial charge in [-0.2, -0.15) is 5.26 Å². The quantitative estimate of drug-likeness (QED) is 0.494. The molecule has 2 unspecified atom stereocenters. The van der Waals surface area contributed by atoms with Gasteiger partial charge in [-0.15, -0.1) is 0 Å². The SMILES string of the molecule is N#CC1CNC(CN)C1. The van der Waals surface area contributed by atoms with Crippen molar-refractivity contribution in [1.29, 1.82) is 5.26 Å². The predicted molar refractivity (Wildman–Crippen MR) is 34.6 cm³/mol. The van der Waals surface area contributed by atoms with Gasteiger partial charge in [0.05, 0.1) is 12.0 Å². The third-order valence-electron chi connectivity index (χ3n) is 1.69. The van der Waals surface area contributed by atoms with Crippen molar-refractivity contribution in [2.45, 2.75) is 12.5 Å². The fourth-order valence-electron chi connectivity index (χ4n) is 1.10. The van der Waals surface area contributed by atoms with Crippen LogP contribution < -0.4 is 11.1 Å². The molecule has 3 nitrogen and oxygen atoms in total. The summed E-state index contributed by atoms with van der Waals surface area (Å²) >= 11 is 0. The molecule has 0 spiro atoms. The highest BCUT2D eigenvalue weighted by molar-refractivity contribution is 4.93. The van der Waals surface area contributed by atoms with Crippen LogP contribution in [0.15, 0.2) is 0 Å². The van der Waals surface area contributed by atoms with Gasteiger partial charge in [0, 0.05) is 19.1 Å². The summed E-state index contributed by atoms with van der Waals surface area (Å²) in [6, 6.07) is 2.59. The number of hydrogen-bond donors (Lipinski definition) is 2. The van der Waals surface area contributed by atoms with Gasteiger partial charge in [-0.25, -0.2) is 0 Å². The van der Waals surface area contributed by atoms with E-state index in [0.717, 1.165) is 13.0 Å². The number of nitriles is 1. The molecule has 2 atom stereocenters. The van der Waals surface area contributed by atoms with Crippen molar-refractivity contribution >= 4 is 0 Å². The molecule has 1 rings (SSSR count). The highest BCUT2D eigenvalue weighted by Crippen LogP contribution is 2.10. The number of nitrogens with two attached hydrogens (primary N) is 1. The van der Waals surface area contributed by atoms with Crippen LogP contribution in [0.25, 0.3) is 0 Å². The molecule has 1 fully saturated rings. The lowest BCUT2D eigenvalue weighted by molar-refractivity contribution is 0.609. The summed E-state index contributed by atoms with van der Waals surface area (Å²) in [7, 11) is 0. The van der Waals surface area contributed by atoms with Crippen molar-refractivity contribution in [3.63, 3.8) is 0 Å². The number of rotatable bonds is 1. The molecule has 1 heterocycles. The standard InChI is InChI=1S/C6H11N3/c7-2-5-1-6(3-8)9-4-5/h5-6,9H,1,3-4,8H2. The van der Waals surface area contributed by atoms with E-state index in [1.807, 2.05) is 0 Å². The molecule has 0 amide bonds. The second-order valence-electron chi connectivity index (χ2n) is 2.40. The number of hydrogen-bond acceptors (Lipinski definition) is 3. The van der Waals surface area contributed by atoms with E-state index >= 15 is 0 Å². The van der Waals surface area contributed by atoms with Gasteiger partial charge in [-0.1, -0.05) is 0 Å². The Morgan fingerprint density at radius 2 is 2.56 bits per heavy atom. The first kappa shape index (κ1) is 6.53. The van der Waals surface area contributed by atoms with Crippen LogP contribution >= 0.6 is 0 Å². The first-order valence-electron chi connectivity index (χ1n) is 3.20. The van der Waals surface area contributed by atoms with Gasteiger partial charge in [0.15, 0.2) is 0 Å². The summed E-state index contributed by atoms with van der Waals surface area (Å²) in [5, 5.41) is 11.6. The largest absolute Gasteiger partial charge is 0.329 e. The van der Waals surface area contributed by atoms with Crippen molar-refractivity contribution in [3.8, 4) is 6.07 Å². The van der Waals surface area contributed by atoms with E-state index in [-0.39, 0.29) is 5.92 Å². The fraction of sp³-hybridized carbons (Fsp3) is 0.833. The molecule has 0 aromatic carbocycles. The molecule has 9 heavy (non-hydrogen) atoms. The predicted octanol–water partition coefficient (Wildman–Crippen LogP) is -0.553. The lowest BCUT2D eigenvalue weighted by atomic mass is 10.1. The second-order valence-corrected chi connectivity index (χ2v) is 2.40. The van der Waals surface area contributed by atoms with Crippen LogP contribution in [-0.4, -0.2) is 19.1 Å². The van der Waals surface area contributed by atoms with Crippen LogP contribution in [0.4, 0.5) is 0 Å². The molecule has 0 aromatic heterocycles. The van der Waals surface area contributed by atoms with E-state index in [1.54, 1.807) is 0 Å². The zero-order valence-corrected chi connectivity index (χ0v) is 5.30. The lowest BCUT2D eigenvalue weighted by Crippen LogP contribution is -2.29. The van der Waals surface area contributed by atoms with Crippen molar-refractivity contribution in [2.75, 3.05) is 13.1 Å². The van der Waals surface area contributed by atoms with E-state index in [1.165, 1.54) is 0 Å². The molecule has 1 saturated heterocycles. The Bertz CT molecular complexity index is 127. The van der Waals surface area contributed by atoms with E-state index in [2.05, 4.69) is 11.4 Å². The summed E-state index contributed by atoms with van der Waals surface area (Å²) in [4.78, 5) is 0. The van der Waals surface area contributed by atoms with Gasteiger partial charge >= 0.3 is 0 Å². The summed E-state index contributed by atoms with van der Waals surface area (Å²) in [6.07, 6.45) is 0.924. The first-order chi connectivity index (χ1) is 4.36. The van der Waals surface area contributed by atoms with Crippen molar-refractivity contribution in [2.24, 2.45) is 11.7 Å². The van der Waals surface area contributed by atoms with Crippen molar-refractivity contribution < 1.29 is 0 Å². The minimum atomic E-state index is 0.193. The number of nitrogens with one attached hydrogen (secondary N) is 1. The molecular formula is C6H11N3. The van der Waals surface area contributed by atoms with Gasteiger partial charge in [0.1, 0.15) is 0 Å². The highest BCUT2D eigenvalue weighted by atomic mass is 15.0. The van der Waals surface area contributed by atoms with E-state index in [0.29, 0.717) is 12.6 Å². The van der Waals surface area contributed by atoms with Crippen LogP contribution in [0, 0.1) is 17.2 Å². The van der Waals surface area contributed by atoms with Gasteiger partial charge in [0.2, 0.25) is 0 Å². The maximum Gasteiger partial charge on any atom is 0.0669 e. The third-order valence-corrected chi connectivity index (χ3v) is 1.69. The Morgan fingerprint density at radius 3 is 2.89 bits per heavy atom. The van der Waals surface area contributed by atoms with Crippen LogP contribution in [0.1, 0.15) is 6.42 Å². The zero-order valence-electron chi connectivity index (χ0n) is 5.30. The molecular weight excluding hydrogens is 114 g/mol. The van der Waals surface area contributed by atoms with Crippen LogP contribution in [0.2, 0.25) is 0 Å². The molecule has 3 heteroatoms. The molecule has 0 aromatic rings. The zero-order chi connectivity index (χ0) is 6.69. The molecule has 0 aliphatic carbocycles. The number of nitrogens with zero attached hydrogens (tertiary/aromatic N) is 1. The minimum Gasteiger partial charge on any atom is -0.329 e. The van der Waals surface area contributed by atoms with Crippen LogP contribution in [-0.2, 0) is 0 Å². The topological polar surface area (TPSA) is 61.8 Å². The highest BCUT2D eigenvalue weighted by Gasteiger charge is 2.21. The Balaban J connectivity index is 2.31. The molecule has 0 bridgehead atoms. The summed E-state index contributed by atoms with van der Waals surface area (Å²) in [6.45, 7) is 1.47. The molecule has 3 N–H and O–H groups in total. The Morgan fingerprint density at radius 1 is 1.78 bits per heavy atom. The summed E-state index contributed by atoms with van der Waals surface area (Å²) < 4.78 is 0. The molecule has 1 aliphatic rings. The van der Waals surface area contributed by atoms with Gasteiger partial charge in [-0.05, 0) is 6.42 Å². The van der Waals surface area contributed by atoms with Crippen molar-refractivity contribution in [3.05, 3.63) is 0 Å². The van der Waals surface area contributed by atoms with E-state index in [9.17, 15) is 0 Å². The minimum absolute atomic E-state index is 0.193. The monoisotopic (exact) mass is 125 g/mol. The van der Waals surface area contributed by atoms with E-state index < -0.39 is 0 Å². The second kappa shape index (κ2) is 2.81. The molecule has 0 radical (unpaired) electrons. The van der Waals surface area contributed by atoms with Crippen LogP contribution in [0.3, 0.4) is 0 Å². The van der Waals surface area contributed by atoms with Gasteiger partial charge in [-0.3, -0.25) is 0 Å². The third kappa shape index (κ3) is 1.41. The maximum atomic E-state index is 8.45. The summed E-state index contributed by atoms with van der Waals surface area (Å²) in [5.41, 5.74) is 5.38. The van der Waals surface area contributed by atoms with Crippen LogP contribution in [0.5, 0.6) is 0 Å². The molecule has 0 saturated carbocycles. The normalized spacial score (nSPS) is 34.2. The van der Waals surface area contributed by atoms with Crippen molar-refractivity contribution in [1.82, 2.24) is 5.32 Å². The lowest BCUT2D eigenvalue weighted by Gasteiger charge is -2.02. The van der Waals surface area contributed by atoms with Gasteiger partial charge in [0.25, 0.3) is 0 Å². The Hall–Kier alpha value is -0.590. The Kier molecular flexibility index (Phi) is 2.04.